The van der Waals surface area contributed by atoms with Crippen molar-refractivity contribution in [2.45, 2.75) is 39.8 Å². The zero-order valence-electron chi connectivity index (χ0n) is 7.60. The van der Waals surface area contributed by atoms with Crippen LogP contribution >= 0.6 is 0 Å². The Morgan fingerprint density at radius 1 is 1.55 bits per heavy atom. The third-order valence-corrected chi connectivity index (χ3v) is 1.48. The molecule has 0 heterocycles. The van der Waals surface area contributed by atoms with Crippen LogP contribution in [0.25, 0.3) is 0 Å². The SMILES string of the molecule is C/C=C(\C=C/C(C)F)CCC. The lowest BCUT2D eigenvalue weighted by atomic mass is 10.1. The van der Waals surface area contributed by atoms with Gasteiger partial charge in [-0.15, -0.1) is 0 Å². The van der Waals surface area contributed by atoms with Crippen LogP contribution < -0.4 is 0 Å². The van der Waals surface area contributed by atoms with E-state index in [0.717, 1.165) is 12.8 Å². The molecule has 64 valence electrons. The smallest absolute Gasteiger partial charge is 0.116 e. The molecule has 1 atom stereocenters. The molecule has 0 aliphatic heterocycles. The Morgan fingerprint density at radius 3 is 2.55 bits per heavy atom. The lowest BCUT2D eigenvalue weighted by Gasteiger charge is -1.97. The first-order valence-corrected chi connectivity index (χ1v) is 4.18. The van der Waals surface area contributed by atoms with Gasteiger partial charge in [-0.2, -0.15) is 0 Å². The number of halogens is 1. The highest BCUT2D eigenvalue weighted by Crippen LogP contribution is 2.07. The molecule has 11 heavy (non-hydrogen) atoms. The van der Waals surface area contributed by atoms with Crippen molar-refractivity contribution >= 4 is 0 Å². The Balaban J connectivity index is 3.88. The molecule has 0 bridgehead atoms. The Morgan fingerprint density at radius 2 is 2.18 bits per heavy atom. The molecule has 0 aliphatic carbocycles. The molecule has 0 aromatic heterocycles. The normalized spacial score (nSPS) is 15.8. The van der Waals surface area contributed by atoms with E-state index in [2.05, 4.69) is 6.92 Å². The summed E-state index contributed by atoms with van der Waals surface area (Å²) in [5.74, 6) is 0. The molecular weight excluding hydrogens is 139 g/mol. The van der Waals surface area contributed by atoms with Crippen molar-refractivity contribution in [3.05, 3.63) is 23.8 Å². The average molecular weight is 156 g/mol. The fraction of sp³-hybridized carbons (Fsp3) is 0.600. The fourth-order valence-electron chi connectivity index (χ4n) is 0.869. The van der Waals surface area contributed by atoms with E-state index in [-0.39, 0.29) is 0 Å². The van der Waals surface area contributed by atoms with Crippen molar-refractivity contribution in [2.75, 3.05) is 0 Å². The van der Waals surface area contributed by atoms with Crippen LogP contribution in [0.2, 0.25) is 0 Å². The van der Waals surface area contributed by atoms with E-state index in [1.54, 1.807) is 6.08 Å². The molecule has 0 radical (unpaired) electrons. The van der Waals surface area contributed by atoms with Gasteiger partial charge in [0.05, 0.1) is 0 Å². The van der Waals surface area contributed by atoms with Crippen molar-refractivity contribution in [1.82, 2.24) is 0 Å². The maximum Gasteiger partial charge on any atom is 0.116 e. The van der Waals surface area contributed by atoms with Gasteiger partial charge in [0.25, 0.3) is 0 Å². The summed E-state index contributed by atoms with van der Waals surface area (Å²) in [6, 6.07) is 0. The molecule has 0 aromatic carbocycles. The van der Waals surface area contributed by atoms with Crippen molar-refractivity contribution < 1.29 is 4.39 Å². The monoisotopic (exact) mass is 156 g/mol. The lowest BCUT2D eigenvalue weighted by Crippen LogP contribution is -1.84. The van der Waals surface area contributed by atoms with Crippen LogP contribution in [-0.2, 0) is 0 Å². The first-order valence-electron chi connectivity index (χ1n) is 4.18. The second kappa shape index (κ2) is 6.14. The number of alkyl halides is 1. The van der Waals surface area contributed by atoms with Crippen LogP contribution in [0, 0.1) is 0 Å². The maximum atomic E-state index is 12.3. The molecule has 0 N–H and O–H groups in total. The largest absolute Gasteiger partial charge is 0.243 e. The van der Waals surface area contributed by atoms with E-state index in [9.17, 15) is 4.39 Å². The van der Waals surface area contributed by atoms with Crippen LogP contribution in [0.4, 0.5) is 4.39 Å². The van der Waals surface area contributed by atoms with Crippen molar-refractivity contribution in [3.8, 4) is 0 Å². The molecular formula is C10H17F. The third-order valence-electron chi connectivity index (χ3n) is 1.48. The Bertz CT molecular complexity index is 143. The Hall–Kier alpha value is -0.590. The molecule has 0 rings (SSSR count). The predicted molar refractivity (Wildman–Crippen MR) is 48.4 cm³/mol. The summed E-state index contributed by atoms with van der Waals surface area (Å²) in [5, 5.41) is 0. The number of allylic oxidation sites excluding steroid dienone is 4. The molecule has 0 spiro atoms. The maximum absolute atomic E-state index is 12.3. The summed E-state index contributed by atoms with van der Waals surface area (Å²) < 4.78 is 12.3. The zero-order chi connectivity index (χ0) is 8.69. The van der Waals surface area contributed by atoms with Crippen molar-refractivity contribution in [2.24, 2.45) is 0 Å². The van der Waals surface area contributed by atoms with Crippen LogP contribution in [0.15, 0.2) is 23.8 Å². The van der Waals surface area contributed by atoms with Gasteiger partial charge < -0.3 is 0 Å². The van der Waals surface area contributed by atoms with Gasteiger partial charge in [-0.05, 0) is 20.3 Å². The van der Waals surface area contributed by atoms with E-state index in [1.807, 2.05) is 19.1 Å². The number of hydrogen-bond acceptors (Lipinski definition) is 0. The minimum atomic E-state index is -0.832. The first-order chi connectivity index (χ1) is 5.20. The van der Waals surface area contributed by atoms with Gasteiger partial charge in [0.2, 0.25) is 0 Å². The van der Waals surface area contributed by atoms with E-state index in [4.69, 9.17) is 0 Å². The second-order valence-corrected chi connectivity index (χ2v) is 2.65. The standard InChI is InChI=1S/C10H17F/c1-4-6-10(5-2)8-7-9(3)11/h5,7-9H,4,6H2,1-3H3/b8-7-,10-5-. The highest BCUT2D eigenvalue weighted by molar-refractivity contribution is 5.18. The van der Waals surface area contributed by atoms with Gasteiger partial charge in [-0.1, -0.05) is 37.1 Å². The van der Waals surface area contributed by atoms with Crippen LogP contribution in [0.5, 0.6) is 0 Å². The molecule has 1 unspecified atom stereocenters. The highest BCUT2D eigenvalue weighted by Gasteiger charge is 1.91. The summed E-state index contributed by atoms with van der Waals surface area (Å²) in [5.41, 5.74) is 1.22. The van der Waals surface area contributed by atoms with Gasteiger partial charge in [0.15, 0.2) is 0 Å². The minimum Gasteiger partial charge on any atom is -0.243 e. The van der Waals surface area contributed by atoms with Gasteiger partial charge in [-0.3, -0.25) is 0 Å². The van der Waals surface area contributed by atoms with E-state index in [0.29, 0.717) is 0 Å². The van der Waals surface area contributed by atoms with Crippen LogP contribution in [0.3, 0.4) is 0 Å². The van der Waals surface area contributed by atoms with E-state index in [1.165, 1.54) is 12.5 Å². The summed E-state index contributed by atoms with van der Waals surface area (Å²) in [7, 11) is 0. The Kier molecular flexibility index (Phi) is 5.81. The van der Waals surface area contributed by atoms with Gasteiger partial charge in [0.1, 0.15) is 6.17 Å². The molecule has 0 aromatic rings. The Labute approximate surface area is 68.8 Å². The third kappa shape index (κ3) is 5.84. The number of hydrogen-bond donors (Lipinski definition) is 0. The van der Waals surface area contributed by atoms with E-state index >= 15 is 0 Å². The molecule has 0 saturated heterocycles. The van der Waals surface area contributed by atoms with Crippen molar-refractivity contribution in [3.63, 3.8) is 0 Å². The van der Waals surface area contributed by atoms with E-state index < -0.39 is 6.17 Å². The molecule has 0 nitrogen and oxygen atoms in total. The van der Waals surface area contributed by atoms with Crippen LogP contribution in [0.1, 0.15) is 33.6 Å². The van der Waals surface area contributed by atoms with Gasteiger partial charge in [-0.25, -0.2) is 4.39 Å². The summed E-state index contributed by atoms with van der Waals surface area (Å²) in [4.78, 5) is 0. The number of rotatable bonds is 4. The summed E-state index contributed by atoms with van der Waals surface area (Å²) in [6.07, 6.45) is 6.81. The predicted octanol–water partition coefficient (Wildman–Crippen LogP) is 3.65. The zero-order valence-corrected chi connectivity index (χ0v) is 7.60. The average Bonchev–Trinajstić information content (AvgIpc) is 1.97. The molecule has 0 amide bonds. The topological polar surface area (TPSA) is 0 Å². The van der Waals surface area contributed by atoms with Gasteiger partial charge in [0, 0.05) is 0 Å². The first kappa shape index (κ1) is 10.4. The molecule has 0 saturated carbocycles. The second-order valence-electron chi connectivity index (χ2n) is 2.65. The minimum absolute atomic E-state index is 0.832. The fourth-order valence-corrected chi connectivity index (χ4v) is 0.869. The molecule has 1 heteroatoms. The molecule has 0 aliphatic rings. The van der Waals surface area contributed by atoms with Crippen LogP contribution in [-0.4, -0.2) is 6.17 Å². The van der Waals surface area contributed by atoms with Crippen molar-refractivity contribution in [1.29, 1.82) is 0 Å². The quantitative estimate of drug-likeness (QED) is 0.545. The highest BCUT2D eigenvalue weighted by atomic mass is 19.1. The molecule has 0 fully saturated rings. The van der Waals surface area contributed by atoms with Gasteiger partial charge >= 0.3 is 0 Å². The summed E-state index contributed by atoms with van der Waals surface area (Å²) >= 11 is 0. The lowest BCUT2D eigenvalue weighted by molar-refractivity contribution is 0.430. The summed E-state index contributed by atoms with van der Waals surface area (Å²) in [6.45, 7) is 5.64.